The smallest absolute Gasteiger partial charge is 0.389 e. The van der Waals surface area contributed by atoms with E-state index in [4.69, 9.17) is 9.47 Å². The number of hydrogen-bond acceptors (Lipinski definition) is 4. The number of unbranched alkanes of at least 4 members (excludes halogenated alkanes) is 3. The highest BCUT2D eigenvalue weighted by molar-refractivity contribution is 5.80. The number of aliphatic imine (C=N–C) groups is 1. The predicted molar refractivity (Wildman–Crippen MR) is 82.9 cm³/mol. The summed E-state index contributed by atoms with van der Waals surface area (Å²) in [7, 11) is 0. The third-order valence-corrected chi connectivity index (χ3v) is 3.59. The van der Waals surface area contributed by atoms with Crippen LogP contribution in [0.5, 0.6) is 0 Å². The third-order valence-electron chi connectivity index (χ3n) is 3.59. The molecule has 1 heterocycles. The van der Waals surface area contributed by atoms with Crippen molar-refractivity contribution in [2.45, 2.75) is 52.1 Å². The van der Waals surface area contributed by atoms with E-state index in [0.717, 1.165) is 36.8 Å². The van der Waals surface area contributed by atoms with Gasteiger partial charge >= 0.3 is 6.08 Å². The first-order valence-corrected chi connectivity index (χ1v) is 7.74. The van der Waals surface area contributed by atoms with Crippen molar-refractivity contribution in [3.05, 3.63) is 29.3 Å². The number of carbonyl (C=O) groups excluding carboxylic acids is 1. The Labute approximate surface area is 126 Å². The minimum absolute atomic E-state index is 0.209. The van der Waals surface area contributed by atoms with Gasteiger partial charge in [-0.05, 0) is 30.5 Å². The Morgan fingerprint density at radius 3 is 2.86 bits per heavy atom. The zero-order valence-corrected chi connectivity index (χ0v) is 12.8. The number of rotatable bonds is 7. The van der Waals surface area contributed by atoms with Crippen LogP contribution in [-0.2, 0) is 20.7 Å². The molecule has 4 heteroatoms. The average Bonchev–Trinajstić information content (AvgIpc) is 2.53. The van der Waals surface area contributed by atoms with Gasteiger partial charge in [0.2, 0.25) is 0 Å². The van der Waals surface area contributed by atoms with Crippen LogP contribution in [0, 0.1) is 0 Å². The van der Waals surface area contributed by atoms with Crippen LogP contribution in [0.15, 0.2) is 23.2 Å². The second kappa shape index (κ2) is 7.81. The summed E-state index contributed by atoms with van der Waals surface area (Å²) in [6, 6.07) is 5.93. The molecule has 4 nitrogen and oxygen atoms in total. The van der Waals surface area contributed by atoms with Crippen LogP contribution >= 0.6 is 0 Å². The summed E-state index contributed by atoms with van der Waals surface area (Å²) in [4.78, 5) is 15.6. The summed E-state index contributed by atoms with van der Waals surface area (Å²) in [5.74, 6) is 0. The van der Waals surface area contributed by atoms with Crippen molar-refractivity contribution in [1.29, 1.82) is 0 Å². The van der Waals surface area contributed by atoms with E-state index in [1.807, 2.05) is 18.2 Å². The Hall–Kier alpha value is -1.84. The van der Waals surface area contributed by atoms with Crippen LogP contribution in [0.25, 0.3) is 0 Å². The molecule has 0 aromatic heterocycles. The van der Waals surface area contributed by atoms with E-state index in [1.54, 1.807) is 0 Å². The quantitative estimate of drug-likeness (QED) is 0.560. The van der Waals surface area contributed by atoms with E-state index in [9.17, 15) is 4.79 Å². The summed E-state index contributed by atoms with van der Waals surface area (Å²) in [5, 5.41) is 0. The van der Waals surface area contributed by atoms with Crippen molar-refractivity contribution in [3.63, 3.8) is 0 Å². The molecule has 0 saturated heterocycles. The lowest BCUT2D eigenvalue weighted by atomic mass is 10.0. The van der Waals surface area contributed by atoms with Crippen molar-refractivity contribution in [1.82, 2.24) is 0 Å². The number of hydrogen-bond donors (Lipinski definition) is 0. The normalized spacial score (nSPS) is 16.7. The molecule has 1 aromatic rings. The number of nitrogens with zero attached hydrogens (tertiary/aromatic N) is 1. The van der Waals surface area contributed by atoms with Gasteiger partial charge in [0.1, 0.15) is 0 Å². The van der Waals surface area contributed by atoms with Gasteiger partial charge in [-0.3, -0.25) is 4.79 Å². The van der Waals surface area contributed by atoms with E-state index >= 15 is 0 Å². The Kier molecular flexibility index (Phi) is 5.78. The van der Waals surface area contributed by atoms with E-state index in [2.05, 4.69) is 18.8 Å². The van der Waals surface area contributed by atoms with Gasteiger partial charge in [0, 0.05) is 5.56 Å². The highest BCUT2D eigenvalue weighted by Gasteiger charge is 2.24. The third kappa shape index (κ3) is 4.06. The molecule has 0 N–H and O–H groups in total. The molecule has 1 atom stereocenters. The molecule has 1 unspecified atom stereocenters. The van der Waals surface area contributed by atoms with Crippen molar-refractivity contribution < 1.29 is 14.3 Å². The first-order chi connectivity index (χ1) is 10.3. The summed E-state index contributed by atoms with van der Waals surface area (Å²) in [6.07, 6.45) is 5.82. The van der Waals surface area contributed by atoms with Gasteiger partial charge in [0.05, 0.1) is 12.3 Å². The monoisotopic (exact) mass is 289 g/mol. The molecule has 0 fully saturated rings. The summed E-state index contributed by atoms with van der Waals surface area (Å²) >= 11 is 0. The molecule has 0 amide bonds. The van der Waals surface area contributed by atoms with Gasteiger partial charge < -0.3 is 9.47 Å². The predicted octanol–water partition coefficient (Wildman–Crippen LogP) is 4.10. The fourth-order valence-corrected chi connectivity index (χ4v) is 2.31. The maximum absolute atomic E-state index is 11.2. The first kappa shape index (κ1) is 15.5. The molecular formula is C17H23NO3. The van der Waals surface area contributed by atoms with Gasteiger partial charge in [-0.1, -0.05) is 39.2 Å². The lowest BCUT2D eigenvalue weighted by molar-refractivity contribution is -0.115. The van der Waals surface area contributed by atoms with Gasteiger partial charge in [-0.25, -0.2) is 0 Å². The fourth-order valence-electron chi connectivity index (χ4n) is 2.31. The van der Waals surface area contributed by atoms with Crippen molar-refractivity contribution in [2.75, 3.05) is 6.61 Å². The van der Waals surface area contributed by atoms with Gasteiger partial charge in [-0.2, -0.15) is 4.99 Å². The zero-order valence-electron chi connectivity index (χ0n) is 12.8. The van der Waals surface area contributed by atoms with Crippen LogP contribution in [0.1, 0.15) is 56.8 Å². The SMILES string of the molecule is CCCCCCOC1=Nc2ccc(CC)cc2C(C=O)O1. The summed E-state index contributed by atoms with van der Waals surface area (Å²) in [6.45, 7) is 4.83. The number of aryl methyl sites for hydroxylation is 1. The lowest BCUT2D eigenvalue weighted by Gasteiger charge is -2.22. The lowest BCUT2D eigenvalue weighted by Crippen LogP contribution is -2.20. The number of benzene rings is 1. The Balaban J connectivity index is 2.04. The maximum Gasteiger partial charge on any atom is 0.389 e. The average molecular weight is 289 g/mol. The van der Waals surface area contributed by atoms with Crippen LogP contribution < -0.4 is 0 Å². The molecule has 0 saturated carbocycles. The highest BCUT2D eigenvalue weighted by Crippen LogP contribution is 2.32. The van der Waals surface area contributed by atoms with E-state index in [1.165, 1.54) is 18.4 Å². The van der Waals surface area contributed by atoms with Crippen molar-refractivity contribution in [2.24, 2.45) is 4.99 Å². The zero-order chi connectivity index (χ0) is 15.1. The number of aldehydes is 1. The van der Waals surface area contributed by atoms with Crippen LogP contribution in [0.3, 0.4) is 0 Å². The molecule has 2 rings (SSSR count). The second-order valence-corrected chi connectivity index (χ2v) is 5.21. The summed E-state index contributed by atoms with van der Waals surface area (Å²) in [5.41, 5.74) is 2.75. The fraction of sp³-hybridized carbons (Fsp3) is 0.529. The molecule has 1 aliphatic heterocycles. The van der Waals surface area contributed by atoms with Gasteiger partial charge in [0.25, 0.3) is 0 Å². The number of carbonyl (C=O) groups is 1. The van der Waals surface area contributed by atoms with Crippen LogP contribution in [0.4, 0.5) is 5.69 Å². The number of fused-ring (bicyclic) bond motifs is 1. The van der Waals surface area contributed by atoms with Gasteiger partial charge in [-0.15, -0.1) is 0 Å². The van der Waals surface area contributed by atoms with Crippen molar-refractivity contribution in [3.8, 4) is 0 Å². The van der Waals surface area contributed by atoms with E-state index in [0.29, 0.717) is 6.61 Å². The molecule has 0 radical (unpaired) electrons. The Morgan fingerprint density at radius 2 is 2.14 bits per heavy atom. The minimum atomic E-state index is -0.616. The molecular weight excluding hydrogens is 266 g/mol. The Morgan fingerprint density at radius 1 is 1.29 bits per heavy atom. The summed E-state index contributed by atoms with van der Waals surface area (Å²) < 4.78 is 11.1. The van der Waals surface area contributed by atoms with Crippen molar-refractivity contribution >= 4 is 18.1 Å². The highest BCUT2D eigenvalue weighted by atomic mass is 16.7. The molecule has 0 bridgehead atoms. The molecule has 1 aliphatic rings. The first-order valence-electron chi connectivity index (χ1n) is 7.74. The molecule has 0 spiro atoms. The second-order valence-electron chi connectivity index (χ2n) is 5.21. The molecule has 21 heavy (non-hydrogen) atoms. The van der Waals surface area contributed by atoms with Crippen LogP contribution in [-0.4, -0.2) is 19.0 Å². The minimum Gasteiger partial charge on any atom is -0.450 e. The topological polar surface area (TPSA) is 47.9 Å². The van der Waals surface area contributed by atoms with E-state index < -0.39 is 6.10 Å². The van der Waals surface area contributed by atoms with E-state index in [-0.39, 0.29) is 6.08 Å². The maximum atomic E-state index is 11.2. The molecule has 1 aromatic carbocycles. The number of ether oxygens (including phenoxy) is 2. The standard InChI is InChI=1S/C17H23NO3/c1-3-5-6-7-10-20-17-18-15-9-8-13(4-2)11-14(15)16(12-19)21-17/h8-9,11-12,16H,3-7,10H2,1-2H3. The largest absolute Gasteiger partial charge is 0.450 e. The Bertz CT molecular complexity index is 511. The molecule has 114 valence electrons. The van der Waals surface area contributed by atoms with Gasteiger partial charge in [0.15, 0.2) is 12.4 Å². The van der Waals surface area contributed by atoms with Crippen LogP contribution in [0.2, 0.25) is 0 Å². The molecule has 0 aliphatic carbocycles.